The molecule has 0 unspecified atom stereocenters. The van der Waals surface area contributed by atoms with Crippen LogP contribution in [0.4, 0.5) is 0 Å². The maximum Gasteiger partial charge on any atom is 0.0761 e. The largest absolute Gasteiger partial charge is 0.357 e. The molecule has 0 fully saturated rings. The molecule has 0 aromatic carbocycles. The Morgan fingerprint density at radius 3 is 2.78 bits per heavy atom. The lowest BCUT2D eigenvalue weighted by Gasteiger charge is -1.91. The van der Waals surface area contributed by atoms with Crippen molar-refractivity contribution in [3.63, 3.8) is 0 Å². The van der Waals surface area contributed by atoms with Crippen LogP contribution >= 0.6 is 12.2 Å². The monoisotopic (exact) mass is 143 g/mol. The van der Waals surface area contributed by atoms with E-state index in [2.05, 4.69) is 18.3 Å². The van der Waals surface area contributed by atoms with E-state index in [1.165, 1.54) is 6.42 Å². The molecule has 0 bridgehead atoms. The highest BCUT2D eigenvalue weighted by Crippen LogP contribution is 1.85. The van der Waals surface area contributed by atoms with E-state index in [4.69, 9.17) is 12.2 Å². The molecule has 0 amide bonds. The predicted molar refractivity (Wildman–Crippen MR) is 45.5 cm³/mol. The Kier molecular flexibility index (Phi) is 5.52. The third-order valence-corrected chi connectivity index (χ3v) is 0.978. The van der Waals surface area contributed by atoms with E-state index in [0.29, 0.717) is 0 Å². The van der Waals surface area contributed by atoms with E-state index < -0.39 is 0 Å². The van der Waals surface area contributed by atoms with Crippen LogP contribution in [0.3, 0.4) is 0 Å². The van der Waals surface area contributed by atoms with Crippen LogP contribution in [0.5, 0.6) is 0 Å². The van der Waals surface area contributed by atoms with Crippen LogP contribution in [0.25, 0.3) is 0 Å². The zero-order chi connectivity index (χ0) is 7.11. The Hall–Kier alpha value is -0.370. The average molecular weight is 143 g/mol. The van der Waals surface area contributed by atoms with Gasteiger partial charge in [0.05, 0.1) is 4.99 Å². The minimum absolute atomic E-state index is 0.822. The smallest absolute Gasteiger partial charge is 0.0761 e. The topological polar surface area (TPSA) is 12.0 Å². The summed E-state index contributed by atoms with van der Waals surface area (Å²) in [5.74, 6) is 0. The summed E-state index contributed by atoms with van der Waals surface area (Å²) >= 11 is 4.78. The number of hydrogen-bond acceptors (Lipinski definition) is 1. The second-order valence-corrected chi connectivity index (χ2v) is 2.50. The van der Waals surface area contributed by atoms with Crippen molar-refractivity contribution in [2.24, 2.45) is 0 Å². The molecule has 0 saturated carbocycles. The van der Waals surface area contributed by atoms with Gasteiger partial charge < -0.3 is 5.32 Å². The summed E-state index contributed by atoms with van der Waals surface area (Å²) in [5, 5.41) is 2.93. The highest BCUT2D eigenvalue weighted by Gasteiger charge is 1.75. The number of rotatable bonds is 3. The molecule has 1 nitrogen and oxygen atoms in total. The molecule has 0 aliphatic carbocycles. The molecular formula is C7H13NS. The van der Waals surface area contributed by atoms with Crippen LogP contribution in [0.2, 0.25) is 0 Å². The fourth-order valence-corrected chi connectivity index (χ4v) is 0.494. The molecule has 0 aromatic rings. The van der Waals surface area contributed by atoms with Crippen molar-refractivity contribution < 1.29 is 0 Å². The Labute approximate surface area is 62.1 Å². The predicted octanol–water partition coefficient (Wildman–Crippen LogP) is 2.24. The standard InChI is InChI=1S/C7H13NS/c1-3-4-5-6-8-7(2)9/h5-6H,3-4H2,1-2H3,(H,8,9)/b6-5-. The van der Waals surface area contributed by atoms with Crippen molar-refractivity contribution in [3.8, 4) is 0 Å². The molecule has 0 spiro atoms. The van der Waals surface area contributed by atoms with Crippen LogP contribution < -0.4 is 5.32 Å². The first kappa shape index (κ1) is 8.63. The van der Waals surface area contributed by atoms with Crippen molar-refractivity contribution in [2.75, 3.05) is 0 Å². The summed E-state index contributed by atoms with van der Waals surface area (Å²) in [5.41, 5.74) is 0. The maximum absolute atomic E-state index is 4.78. The lowest BCUT2D eigenvalue weighted by molar-refractivity contribution is 0.952. The van der Waals surface area contributed by atoms with Gasteiger partial charge in [0, 0.05) is 0 Å². The van der Waals surface area contributed by atoms with Crippen molar-refractivity contribution in [1.29, 1.82) is 0 Å². The van der Waals surface area contributed by atoms with Gasteiger partial charge in [-0.1, -0.05) is 31.6 Å². The van der Waals surface area contributed by atoms with Crippen LogP contribution in [-0.2, 0) is 0 Å². The molecule has 2 heteroatoms. The summed E-state index contributed by atoms with van der Waals surface area (Å²) in [6, 6.07) is 0. The van der Waals surface area contributed by atoms with Gasteiger partial charge in [0.25, 0.3) is 0 Å². The molecular weight excluding hydrogens is 130 g/mol. The summed E-state index contributed by atoms with van der Waals surface area (Å²) < 4.78 is 0. The van der Waals surface area contributed by atoms with Gasteiger partial charge in [-0.15, -0.1) is 0 Å². The molecule has 1 N–H and O–H groups in total. The van der Waals surface area contributed by atoms with E-state index in [1.807, 2.05) is 13.1 Å². The van der Waals surface area contributed by atoms with Crippen LogP contribution in [-0.4, -0.2) is 4.99 Å². The third-order valence-electron chi connectivity index (χ3n) is 0.860. The van der Waals surface area contributed by atoms with Gasteiger partial charge in [-0.25, -0.2) is 0 Å². The quantitative estimate of drug-likeness (QED) is 0.608. The Morgan fingerprint density at radius 1 is 1.67 bits per heavy atom. The highest BCUT2D eigenvalue weighted by molar-refractivity contribution is 7.80. The fourth-order valence-electron chi connectivity index (χ4n) is 0.426. The van der Waals surface area contributed by atoms with Crippen molar-refractivity contribution in [1.82, 2.24) is 5.32 Å². The minimum atomic E-state index is 0.822. The van der Waals surface area contributed by atoms with Crippen molar-refractivity contribution in [3.05, 3.63) is 12.3 Å². The first-order valence-corrected chi connectivity index (χ1v) is 3.60. The average Bonchev–Trinajstić information content (AvgIpc) is 1.80. The number of allylic oxidation sites excluding steroid dienone is 1. The summed E-state index contributed by atoms with van der Waals surface area (Å²) in [6.07, 6.45) is 6.28. The van der Waals surface area contributed by atoms with Crippen molar-refractivity contribution in [2.45, 2.75) is 26.7 Å². The third kappa shape index (κ3) is 7.63. The molecule has 0 atom stereocenters. The van der Waals surface area contributed by atoms with Gasteiger partial charge >= 0.3 is 0 Å². The van der Waals surface area contributed by atoms with E-state index in [1.54, 1.807) is 0 Å². The van der Waals surface area contributed by atoms with Crippen LogP contribution in [0, 0.1) is 0 Å². The second-order valence-electron chi connectivity index (χ2n) is 1.89. The Balaban J connectivity index is 3.14. The number of hydrogen-bond donors (Lipinski definition) is 1. The van der Waals surface area contributed by atoms with Gasteiger partial charge in [-0.05, 0) is 19.5 Å². The van der Waals surface area contributed by atoms with Gasteiger partial charge in [0.15, 0.2) is 0 Å². The Morgan fingerprint density at radius 2 is 2.33 bits per heavy atom. The molecule has 0 aliphatic heterocycles. The van der Waals surface area contributed by atoms with Gasteiger partial charge in [0.2, 0.25) is 0 Å². The zero-order valence-corrected chi connectivity index (χ0v) is 6.79. The van der Waals surface area contributed by atoms with E-state index in [9.17, 15) is 0 Å². The van der Waals surface area contributed by atoms with Gasteiger partial charge in [0.1, 0.15) is 0 Å². The van der Waals surface area contributed by atoms with E-state index in [0.717, 1.165) is 11.4 Å². The maximum atomic E-state index is 4.78. The molecule has 0 saturated heterocycles. The molecule has 0 rings (SSSR count). The summed E-state index contributed by atoms with van der Waals surface area (Å²) in [6.45, 7) is 4.01. The first-order valence-electron chi connectivity index (χ1n) is 3.19. The molecule has 0 aliphatic rings. The summed E-state index contributed by atoms with van der Waals surface area (Å²) in [7, 11) is 0. The molecule has 0 aromatic heterocycles. The second kappa shape index (κ2) is 5.76. The lowest BCUT2D eigenvalue weighted by Crippen LogP contribution is -2.08. The molecule has 0 heterocycles. The zero-order valence-electron chi connectivity index (χ0n) is 5.98. The van der Waals surface area contributed by atoms with Crippen molar-refractivity contribution >= 4 is 17.2 Å². The number of thiocarbonyl (C=S) groups is 1. The highest BCUT2D eigenvalue weighted by atomic mass is 32.1. The number of nitrogens with one attached hydrogen (secondary N) is 1. The molecule has 52 valence electrons. The minimum Gasteiger partial charge on any atom is -0.357 e. The number of unbranched alkanes of at least 4 members (excludes halogenated alkanes) is 1. The normalized spacial score (nSPS) is 10.0. The lowest BCUT2D eigenvalue weighted by atomic mass is 10.3. The van der Waals surface area contributed by atoms with E-state index in [-0.39, 0.29) is 0 Å². The van der Waals surface area contributed by atoms with Crippen LogP contribution in [0.1, 0.15) is 26.7 Å². The molecule has 9 heavy (non-hydrogen) atoms. The van der Waals surface area contributed by atoms with Gasteiger partial charge in [-0.2, -0.15) is 0 Å². The van der Waals surface area contributed by atoms with Gasteiger partial charge in [-0.3, -0.25) is 0 Å². The first-order chi connectivity index (χ1) is 4.27. The Bertz CT molecular complexity index is 107. The summed E-state index contributed by atoms with van der Waals surface area (Å²) in [4.78, 5) is 0.822. The fraction of sp³-hybridized carbons (Fsp3) is 0.571. The molecule has 0 radical (unpaired) electrons. The van der Waals surface area contributed by atoms with E-state index >= 15 is 0 Å². The van der Waals surface area contributed by atoms with Crippen LogP contribution in [0.15, 0.2) is 12.3 Å². The SMILES string of the molecule is CCC/C=C\NC(C)=S.